The van der Waals surface area contributed by atoms with Crippen LogP contribution in [0.2, 0.25) is 0 Å². The summed E-state index contributed by atoms with van der Waals surface area (Å²) in [4.78, 5) is 2.07. The van der Waals surface area contributed by atoms with E-state index in [1.807, 2.05) is 36.4 Å². The van der Waals surface area contributed by atoms with Gasteiger partial charge in [-0.25, -0.2) is 0 Å². The summed E-state index contributed by atoms with van der Waals surface area (Å²) in [5.41, 5.74) is 7.27. The van der Waals surface area contributed by atoms with Crippen LogP contribution >= 0.6 is 27.7 Å². The van der Waals surface area contributed by atoms with Gasteiger partial charge in [0.1, 0.15) is 6.07 Å². The molecule has 0 fully saturated rings. The van der Waals surface area contributed by atoms with Gasteiger partial charge in [0, 0.05) is 20.0 Å². The van der Waals surface area contributed by atoms with Crippen LogP contribution in [0.4, 0.5) is 5.69 Å². The van der Waals surface area contributed by atoms with Gasteiger partial charge in [-0.15, -0.1) is 0 Å². The quantitative estimate of drug-likeness (QED) is 0.851. The SMILES string of the molecule is N#Cc1ccc(Sc2ccccc2N)cc1Br. The number of hydrogen-bond acceptors (Lipinski definition) is 3. The highest BCUT2D eigenvalue weighted by Crippen LogP contribution is 2.33. The number of hydrogen-bond donors (Lipinski definition) is 1. The Bertz CT molecular complexity index is 590. The van der Waals surface area contributed by atoms with Crippen LogP contribution in [0.1, 0.15) is 5.56 Å². The van der Waals surface area contributed by atoms with E-state index in [2.05, 4.69) is 22.0 Å². The van der Waals surface area contributed by atoms with Crippen molar-refractivity contribution in [1.82, 2.24) is 0 Å². The van der Waals surface area contributed by atoms with Gasteiger partial charge in [-0.1, -0.05) is 23.9 Å². The lowest BCUT2D eigenvalue weighted by molar-refractivity contribution is 1.37. The Hall–Kier alpha value is -1.44. The van der Waals surface area contributed by atoms with Crippen molar-refractivity contribution >= 4 is 33.4 Å². The molecule has 0 unspecified atom stereocenters. The van der Waals surface area contributed by atoms with E-state index in [1.165, 1.54) is 0 Å². The van der Waals surface area contributed by atoms with Gasteiger partial charge in [0.2, 0.25) is 0 Å². The lowest BCUT2D eigenvalue weighted by Gasteiger charge is -2.05. The molecule has 84 valence electrons. The molecule has 17 heavy (non-hydrogen) atoms. The van der Waals surface area contributed by atoms with Crippen molar-refractivity contribution in [3.05, 3.63) is 52.5 Å². The molecule has 0 saturated heterocycles. The van der Waals surface area contributed by atoms with Gasteiger partial charge >= 0.3 is 0 Å². The Morgan fingerprint density at radius 3 is 2.59 bits per heavy atom. The summed E-state index contributed by atoms with van der Waals surface area (Å²) >= 11 is 4.96. The minimum Gasteiger partial charge on any atom is -0.398 e. The van der Waals surface area contributed by atoms with Crippen molar-refractivity contribution in [1.29, 1.82) is 5.26 Å². The first-order chi connectivity index (χ1) is 8.20. The average molecular weight is 305 g/mol. The number of nitrogen functional groups attached to an aromatic ring is 1. The largest absolute Gasteiger partial charge is 0.398 e. The fourth-order valence-electron chi connectivity index (χ4n) is 1.35. The van der Waals surface area contributed by atoms with E-state index in [0.29, 0.717) is 5.56 Å². The standard InChI is InChI=1S/C13H9BrN2S/c14-11-7-10(6-5-9(11)8-15)17-13-4-2-1-3-12(13)16/h1-7H,16H2. The summed E-state index contributed by atoms with van der Waals surface area (Å²) in [5.74, 6) is 0. The van der Waals surface area contributed by atoms with Crippen LogP contribution in [0.3, 0.4) is 0 Å². The van der Waals surface area contributed by atoms with Crippen molar-refractivity contribution in [2.24, 2.45) is 0 Å². The van der Waals surface area contributed by atoms with E-state index < -0.39 is 0 Å². The molecule has 2 aromatic rings. The van der Waals surface area contributed by atoms with Crippen LogP contribution in [-0.2, 0) is 0 Å². The van der Waals surface area contributed by atoms with Crippen molar-refractivity contribution < 1.29 is 0 Å². The molecule has 0 amide bonds. The molecule has 4 heteroatoms. The topological polar surface area (TPSA) is 49.8 Å². The summed E-state index contributed by atoms with van der Waals surface area (Å²) in [7, 11) is 0. The fourth-order valence-corrected chi connectivity index (χ4v) is 2.87. The molecule has 0 aliphatic heterocycles. The molecular formula is C13H9BrN2S. The molecule has 0 aliphatic carbocycles. The Morgan fingerprint density at radius 2 is 1.94 bits per heavy atom. The number of nitrogens with zero attached hydrogens (tertiary/aromatic N) is 1. The molecule has 0 aromatic heterocycles. The molecule has 0 heterocycles. The number of halogens is 1. The van der Waals surface area contributed by atoms with Gasteiger partial charge in [-0.3, -0.25) is 0 Å². The minimum atomic E-state index is 0.635. The highest BCUT2D eigenvalue weighted by atomic mass is 79.9. The second-order valence-corrected chi connectivity index (χ2v) is 5.36. The highest BCUT2D eigenvalue weighted by molar-refractivity contribution is 9.10. The number of rotatable bonds is 2. The van der Waals surface area contributed by atoms with Crippen molar-refractivity contribution in [3.63, 3.8) is 0 Å². The molecule has 0 spiro atoms. The first kappa shape index (κ1) is 12.0. The molecule has 0 atom stereocenters. The molecular weight excluding hydrogens is 296 g/mol. The third-order valence-electron chi connectivity index (χ3n) is 2.21. The maximum Gasteiger partial charge on any atom is 0.100 e. The van der Waals surface area contributed by atoms with Gasteiger partial charge < -0.3 is 5.73 Å². The second kappa shape index (κ2) is 5.26. The normalized spacial score (nSPS) is 9.88. The summed E-state index contributed by atoms with van der Waals surface area (Å²) in [6, 6.07) is 15.5. The van der Waals surface area contributed by atoms with Crippen LogP contribution < -0.4 is 5.73 Å². The van der Waals surface area contributed by atoms with E-state index in [0.717, 1.165) is 20.0 Å². The van der Waals surface area contributed by atoms with E-state index in [-0.39, 0.29) is 0 Å². The van der Waals surface area contributed by atoms with E-state index in [4.69, 9.17) is 11.0 Å². The molecule has 2 nitrogen and oxygen atoms in total. The monoisotopic (exact) mass is 304 g/mol. The molecule has 2 rings (SSSR count). The molecule has 0 radical (unpaired) electrons. The van der Waals surface area contributed by atoms with Gasteiger partial charge in [0.25, 0.3) is 0 Å². The third-order valence-corrected chi connectivity index (χ3v) is 3.95. The van der Waals surface area contributed by atoms with Crippen molar-refractivity contribution in [2.45, 2.75) is 9.79 Å². The first-order valence-electron chi connectivity index (χ1n) is 4.92. The maximum absolute atomic E-state index is 8.84. The van der Waals surface area contributed by atoms with Gasteiger partial charge in [-0.05, 0) is 46.3 Å². The maximum atomic E-state index is 8.84. The molecule has 0 bridgehead atoms. The molecule has 0 aliphatic rings. The van der Waals surface area contributed by atoms with Crippen molar-refractivity contribution in [2.75, 3.05) is 5.73 Å². The summed E-state index contributed by atoms with van der Waals surface area (Å²) in [6.45, 7) is 0. The Kier molecular flexibility index (Phi) is 3.72. The van der Waals surface area contributed by atoms with Gasteiger partial charge in [-0.2, -0.15) is 5.26 Å². The Labute approximate surface area is 113 Å². The number of nitriles is 1. The van der Waals surface area contributed by atoms with Crippen LogP contribution in [0.15, 0.2) is 56.7 Å². The number of anilines is 1. The minimum absolute atomic E-state index is 0.635. The summed E-state index contributed by atoms with van der Waals surface area (Å²) < 4.78 is 0.805. The fraction of sp³-hybridized carbons (Fsp3) is 0. The first-order valence-corrected chi connectivity index (χ1v) is 6.53. The van der Waals surface area contributed by atoms with Crippen LogP contribution in [0.25, 0.3) is 0 Å². The van der Waals surface area contributed by atoms with Crippen LogP contribution in [0, 0.1) is 11.3 Å². The average Bonchev–Trinajstić information content (AvgIpc) is 2.32. The number of para-hydroxylation sites is 1. The zero-order valence-corrected chi connectivity index (χ0v) is 11.3. The number of nitrogens with two attached hydrogens (primary N) is 1. The van der Waals surface area contributed by atoms with Crippen molar-refractivity contribution in [3.8, 4) is 6.07 Å². The second-order valence-electron chi connectivity index (χ2n) is 3.39. The zero-order valence-electron chi connectivity index (χ0n) is 8.85. The van der Waals surface area contributed by atoms with E-state index in [1.54, 1.807) is 17.8 Å². The van der Waals surface area contributed by atoms with Gasteiger partial charge in [0.15, 0.2) is 0 Å². The predicted molar refractivity (Wildman–Crippen MR) is 73.8 cm³/mol. The van der Waals surface area contributed by atoms with E-state index in [9.17, 15) is 0 Å². The molecule has 2 aromatic carbocycles. The molecule has 2 N–H and O–H groups in total. The lowest BCUT2D eigenvalue weighted by Crippen LogP contribution is -1.87. The van der Waals surface area contributed by atoms with E-state index >= 15 is 0 Å². The highest BCUT2D eigenvalue weighted by Gasteiger charge is 2.04. The zero-order chi connectivity index (χ0) is 12.3. The smallest absolute Gasteiger partial charge is 0.100 e. The number of benzene rings is 2. The molecule has 0 saturated carbocycles. The van der Waals surface area contributed by atoms with Crippen LogP contribution in [0.5, 0.6) is 0 Å². The predicted octanol–water partition coefficient (Wildman–Crippen LogP) is 4.05. The van der Waals surface area contributed by atoms with Crippen LogP contribution in [-0.4, -0.2) is 0 Å². The van der Waals surface area contributed by atoms with Gasteiger partial charge in [0.05, 0.1) is 5.56 Å². The lowest BCUT2D eigenvalue weighted by atomic mass is 10.2. The summed E-state index contributed by atoms with van der Waals surface area (Å²) in [6.07, 6.45) is 0. The Balaban J connectivity index is 2.29. The Morgan fingerprint density at radius 1 is 1.18 bits per heavy atom. The summed E-state index contributed by atoms with van der Waals surface area (Å²) in [5, 5.41) is 8.84. The third kappa shape index (κ3) is 2.82.